The molecule has 0 aliphatic carbocycles. The van der Waals surface area contributed by atoms with Crippen LogP contribution in [0, 0.1) is 0 Å². The molecule has 0 radical (unpaired) electrons. The Labute approximate surface area is 170 Å². The van der Waals surface area contributed by atoms with Crippen molar-refractivity contribution in [3.63, 3.8) is 0 Å². The van der Waals surface area contributed by atoms with Crippen LogP contribution in [-0.2, 0) is 22.3 Å². The summed E-state index contributed by atoms with van der Waals surface area (Å²) in [6, 6.07) is 11.9. The van der Waals surface area contributed by atoms with Gasteiger partial charge >= 0.3 is 5.97 Å². The summed E-state index contributed by atoms with van der Waals surface area (Å²) in [5.74, 6) is -0.0943. The standard InChI is InChI=1S/C18H14BrNO5S2/c19-12-4-5-15(25-13-3-1-2-11(8-13)9-16(21)22)14(10-12)17(27(23)24)18-20-6-7-26-18/h1-8,10,17H,9H2,(H,21,22)(H,23,24). The van der Waals surface area contributed by atoms with E-state index < -0.39 is 22.3 Å². The summed E-state index contributed by atoms with van der Waals surface area (Å²) in [4.78, 5) is 15.1. The van der Waals surface area contributed by atoms with E-state index in [0.717, 1.165) is 4.47 Å². The van der Waals surface area contributed by atoms with E-state index >= 15 is 0 Å². The topological polar surface area (TPSA) is 96.7 Å². The van der Waals surface area contributed by atoms with Gasteiger partial charge < -0.3 is 14.4 Å². The van der Waals surface area contributed by atoms with E-state index in [2.05, 4.69) is 20.9 Å². The molecule has 0 aliphatic rings. The molecule has 0 saturated carbocycles. The molecule has 2 N–H and O–H groups in total. The van der Waals surface area contributed by atoms with Crippen molar-refractivity contribution in [3.05, 3.63) is 74.6 Å². The average molecular weight is 468 g/mol. The molecule has 0 amide bonds. The number of carboxylic acid groups (broad SMARTS) is 1. The lowest BCUT2D eigenvalue weighted by Gasteiger charge is -2.17. The van der Waals surface area contributed by atoms with Gasteiger partial charge in [0.2, 0.25) is 0 Å². The monoisotopic (exact) mass is 467 g/mol. The number of halogens is 1. The second kappa shape index (κ2) is 8.75. The highest BCUT2D eigenvalue weighted by molar-refractivity contribution is 9.10. The van der Waals surface area contributed by atoms with Gasteiger partial charge in [-0.2, -0.15) is 0 Å². The Balaban J connectivity index is 2.00. The number of benzene rings is 2. The van der Waals surface area contributed by atoms with Gasteiger partial charge in [-0.1, -0.05) is 28.1 Å². The average Bonchev–Trinajstić information content (AvgIpc) is 3.11. The first-order valence-corrected chi connectivity index (χ1v) is 10.6. The van der Waals surface area contributed by atoms with Crippen LogP contribution in [0.15, 0.2) is 58.5 Å². The van der Waals surface area contributed by atoms with Crippen LogP contribution in [0.2, 0.25) is 0 Å². The molecular formula is C18H14BrNO5S2. The van der Waals surface area contributed by atoms with Crippen LogP contribution >= 0.6 is 27.3 Å². The third kappa shape index (κ3) is 5.01. The number of aliphatic carboxylic acids is 1. The molecule has 3 rings (SSSR count). The van der Waals surface area contributed by atoms with E-state index in [1.165, 1.54) is 11.3 Å². The maximum atomic E-state index is 12.0. The van der Waals surface area contributed by atoms with Crippen molar-refractivity contribution >= 4 is 44.3 Å². The minimum absolute atomic E-state index is 0.118. The normalized spacial score (nSPS) is 13.1. The quantitative estimate of drug-likeness (QED) is 0.491. The van der Waals surface area contributed by atoms with Gasteiger partial charge in [-0.15, -0.1) is 11.3 Å². The molecule has 6 nitrogen and oxygen atoms in total. The molecule has 1 aromatic heterocycles. The first-order chi connectivity index (χ1) is 12.9. The van der Waals surface area contributed by atoms with Crippen molar-refractivity contribution in [2.45, 2.75) is 11.7 Å². The third-order valence-electron chi connectivity index (χ3n) is 3.61. The second-order valence-corrected chi connectivity index (χ2v) is 8.39. The van der Waals surface area contributed by atoms with Gasteiger partial charge in [0.25, 0.3) is 0 Å². The maximum absolute atomic E-state index is 12.0. The largest absolute Gasteiger partial charge is 0.481 e. The fourth-order valence-corrected chi connectivity index (χ4v) is 4.59. The fourth-order valence-electron chi connectivity index (χ4n) is 2.53. The van der Waals surface area contributed by atoms with Gasteiger partial charge in [-0.05, 0) is 35.9 Å². The minimum atomic E-state index is -2.20. The highest BCUT2D eigenvalue weighted by Gasteiger charge is 2.27. The van der Waals surface area contributed by atoms with E-state index in [0.29, 0.717) is 27.6 Å². The molecule has 1 heterocycles. The van der Waals surface area contributed by atoms with Crippen molar-refractivity contribution in [2.75, 3.05) is 0 Å². The second-order valence-electron chi connectivity index (χ2n) is 5.53. The SMILES string of the molecule is O=C(O)Cc1cccc(Oc2ccc(Br)cc2C(c2nccs2)S(=O)O)c1. The van der Waals surface area contributed by atoms with Gasteiger partial charge in [0, 0.05) is 21.6 Å². The van der Waals surface area contributed by atoms with Crippen LogP contribution in [-0.4, -0.2) is 24.8 Å². The van der Waals surface area contributed by atoms with Gasteiger partial charge in [-0.3, -0.25) is 4.79 Å². The Morgan fingerprint density at radius 2 is 2.11 bits per heavy atom. The molecule has 9 heteroatoms. The number of thiazole rings is 1. The first kappa shape index (κ1) is 19.7. The van der Waals surface area contributed by atoms with Crippen molar-refractivity contribution in [1.29, 1.82) is 0 Å². The number of hydrogen-bond donors (Lipinski definition) is 2. The molecule has 0 aliphatic heterocycles. The lowest BCUT2D eigenvalue weighted by atomic mass is 10.1. The molecule has 0 fully saturated rings. The number of carbonyl (C=O) groups is 1. The van der Waals surface area contributed by atoms with Crippen molar-refractivity contribution in [1.82, 2.24) is 4.98 Å². The predicted octanol–water partition coefficient (Wildman–Crippen LogP) is 4.64. The molecule has 0 saturated heterocycles. The van der Waals surface area contributed by atoms with E-state index in [-0.39, 0.29) is 6.42 Å². The van der Waals surface area contributed by atoms with Crippen LogP contribution in [0.4, 0.5) is 0 Å². The highest BCUT2D eigenvalue weighted by atomic mass is 79.9. The van der Waals surface area contributed by atoms with Gasteiger partial charge in [-0.25, -0.2) is 9.19 Å². The Morgan fingerprint density at radius 3 is 2.78 bits per heavy atom. The molecule has 2 unspecified atom stereocenters. The summed E-state index contributed by atoms with van der Waals surface area (Å²) in [6.07, 6.45) is 1.46. The Morgan fingerprint density at radius 1 is 1.30 bits per heavy atom. The van der Waals surface area contributed by atoms with Crippen LogP contribution in [0.3, 0.4) is 0 Å². The summed E-state index contributed by atoms with van der Waals surface area (Å²) in [6.45, 7) is 0. The molecule has 3 aromatic rings. The Kier molecular flexibility index (Phi) is 6.38. The lowest BCUT2D eigenvalue weighted by Crippen LogP contribution is -2.09. The molecule has 27 heavy (non-hydrogen) atoms. The molecule has 0 bridgehead atoms. The summed E-state index contributed by atoms with van der Waals surface area (Å²) in [5, 5.41) is 10.3. The fraction of sp³-hybridized carbons (Fsp3) is 0.111. The first-order valence-electron chi connectivity index (χ1n) is 7.71. The summed E-state index contributed by atoms with van der Waals surface area (Å²) < 4.78 is 28.6. The van der Waals surface area contributed by atoms with Crippen LogP contribution in [0.25, 0.3) is 0 Å². The van der Waals surface area contributed by atoms with Crippen LogP contribution in [0.1, 0.15) is 21.4 Å². The van der Waals surface area contributed by atoms with Crippen molar-refractivity contribution in [3.8, 4) is 11.5 Å². The minimum Gasteiger partial charge on any atom is -0.481 e. The number of rotatable bonds is 7. The van der Waals surface area contributed by atoms with Crippen LogP contribution < -0.4 is 4.74 Å². The third-order valence-corrected chi connectivity index (χ3v) is 5.98. The molecular weight excluding hydrogens is 454 g/mol. The lowest BCUT2D eigenvalue weighted by molar-refractivity contribution is -0.136. The zero-order valence-electron chi connectivity index (χ0n) is 13.7. The predicted molar refractivity (Wildman–Crippen MR) is 107 cm³/mol. The van der Waals surface area contributed by atoms with Gasteiger partial charge in [0.1, 0.15) is 21.8 Å². The zero-order chi connectivity index (χ0) is 19.4. The summed E-state index contributed by atoms with van der Waals surface area (Å²) >= 11 is 2.46. The number of carboxylic acids is 1. The molecule has 0 spiro atoms. The number of ether oxygens (including phenoxy) is 1. The Hall–Kier alpha value is -2.07. The zero-order valence-corrected chi connectivity index (χ0v) is 17.0. The summed E-state index contributed by atoms with van der Waals surface area (Å²) in [5.41, 5.74) is 1.10. The Bertz CT molecular complexity index is 978. The van der Waals surface area contributed by atoms with Gasteiger partial charge in [0.15, 0.2) is 11.1 Å². The number of nitrogens with zero attached hydrogens (tertiary/aromatic N) is 1. The maximum Gasteiger partial charge on any atom is 0.307 e. The van der Waals surface area contributed by atoms with Crippen molar-refractivity contribution < 1.29 is 23.4 Å². The molecule has 140 valence electrons. The molecule has 2 atom stereocenters. The smallest absolute Gasteiger partial charge is 0.307 e. The van der Waals surface area contributed by atoms with E-state index in [9.17, 15) is 13.6 Å². The van der Waals surface area contributed by atoms with E-state index in [1.807, 2.05) is 0 Å². The molecule has 2 aromatic carbocycles. The number of aromatic nitrogens is 1. The van der Waals surface area contributed by atoms with Crippen molar-refractivity contribution in [2.24, 2.45) is 0 Å². The highest BCUT2D eigenvalue weighted by Crippen LogP contribution is 2.38. The summed E-state index contributed by atoms with van der Waals surface area (Å²) in [7, 11) is 0. The van der Waals surface area contributed by atoms with E-state index in [1.54, 1.807) is 54.0 Å². The number of hydrogen-bond acceptors (Lipinski definition) is 5. The van der Waals surface area contributed by atoms with E-state index in [4.69, 9.17) is 9.84 Å². The van der Waals surface area contributed by atoms with Gasteiger partial charge in [0.05, 0.1) is 6.42 Å². The van der Waals surface area contributed by atoms with Crippen LogP contribution in [0.5, 0.6) is 11.5 Å².